The predicted molar refractivity (Wildman–Crippen MR) is 131 cm³/mol. The minimum Gasteiger partial charge on any atom is -0.490 e. The first-order valence-corrected chi connectivity index (χ1v) is 12.0. The third-order valence-corrected chi connectivity index (χ3v) is 6.00. The van der Waals surface area contributed by atoms with Crippen LogP contribution in [0.4, 0.5) is 17.6 Å². The summed E-state index contributed by atoms with van der Waals surface area (Å²) in [5, 5.41) is 18.4. The van der Waals surface area contributed by atoms with Gasteiger partial charge >= 0.3 is 12.1 Å². The summed E-state index contributed by atoms with van der Waals surface area (Å²) >= 11 is 12.0. The van der Waals surface area contributed by atoms with Gasteiger partial charge in [-0.15, -0.1) is 0 Å². The second-order valence-corrected chi connectivity index (χ2v) is 9.17. The van der Waals surface area contributed by atoms with Crippen LogP contribution in [0.2, 0.25) is 10.0 Å². The molecule has 210 valence electrons. The number of benzene rings is 2. The molecule has 4 N–H and O–H groups in total. The summed E-state index contributed by atoms with van der Waals surface area (Å²) in [4.78, 5) is 22.2. The molecule has 38 heavy (non-hydrogen) atoms. The Bertz CT molecular complexity index is 1100. The van der Waals surface area contributed by atoms with Gasteiger partial charge in [-0.25, -0.2) is 9.18 Å². The molecule has 1 aliphatic rings. The van der Waals surface area contributed by atoms with E-state index in [0.29, 0.717) is 27.9 Å². The number of halogens is 6. The number of nitrogens with two attached hydrogens (primary N) is 1. The predicted octanol–water partition coefficient (Wildman–Crippen LogP) is 4.08. The number of aliphatic hydroxyl groups is 1. The third-order valence-electron chi connectivity index (χ3n) is 5.26. The molecule has 0 unspecified atom stereocenters. The van der Waals surface area contributed by atoms with Crippen LogP contribution in [-0.2, 0) is 16.0 Å². The Morgan fingerprint density at radius 2 is 1.74 bits per heavy atom. The average molecular weight is 585 g/mol. The van der Waals surface area contributed by atoms with Gasteiger partial charge in [0.15, 0.2) is 0 Å². The summed E-state index contributed by atoms with van der Waals surface area (Å²) in [5.74, 6) is -2.88. The van der Waals surface area contributed by atoms with Crippen LogP contribution in [0.15, 0.2) is 36.4 Å². The first kappa shape index (κ1) is 31.4. The van der Waals surface area contributed by atoms with Crippen molar-refractivity contribution in [2.75, 3.05) is 26.2 Å². The zero-order chi connectivity index (χ0) is 28.5. The minimum atomic E-state index is -5.08. The number of carbonyl (C=O) groups is 2. The van der Waals surface area contributed by atoms with Gasteiger partial charge in [-0.1, -0.05) is 29.3 Å². The maximum atomic E-state index is 13.5. The maximum Gasteiger partial charge on any atom is 0.490 e. The van der Waals surface area contributed by atoms with Crippen molar-refractivity contribution in [1.82, 2.24) is 4.90 Å². The molecule has 2 aromatic carbocycles. The molecule has 0 spiro atoms. The molecule has 1 saturated heterocycles. The number of carbonyl (C=O) groups excluding carboxylic acids is 1. The molecule has 0 aromatic heterocycles. The van der Waals surface area contributed by atoms with E-state index in [1.165, 1.54) is 18.2 Å². The molecule has 0 radical (unpaired) electrons. The van der Waals surface area contributed by atoms with Gasteiger partial charge in [-0.2, -0.15) is 13.2 Å². The largest absolute Gasteiger partial charge is 0.490 e. The highest BCUT2D eigenvalue weighted by Crippen LogP contribution is 2.28. The Labute approximate surface area is 225 Å². The van der Waals surface area contributed by atoms with Gasteiger partial charge in [-0.05, 0) is 31.0 Å². The quantitative estimate of drug-likeness (QED) is 0.380. The average Bonchev–Trinajstić information content (AvgIpc) is 2.82. The zero-order valence-electron chi connectivity index (χ0n) is 19.9. The Kier molecular flexibility index (Phi) is 11.9. The fraction of sp³-hybridized carbons (Fsp3) is 0.417. The van der Waals surface area contributed by atoms with Crippen LogP contribution in [0.1, 0.15) is 18.4 Å². The number of nitrogens with zero attached hydrogens (tertiary/aromatic N) is 1. The van der Waals surface area contributed by atoms with Crippen molar-refractivity contribution in [2.45, 2.75) is 37.6 Å². The topological polar surface area (TPSA) is 122 Å². The maximum absolute atomic E-state index is 13.5. The Balaban J connectivity index is 0.000000638. The van der Waals surface area contributed by atoms with Crippen LogP contribution in [0, 0.1) is 5.82 Å². The fourth-order valence-corrected chi connectivity index (χ4v) is 3.77. The van der Waals surface area contributed by atoms with Crippen LogP contribution in [0.25, 0.3) is 0 Å². The molecule has 0 bridgehead atoms. The number of aliphatic hydroxyl groups excluding tert-OH is 1. The number of likely N-dealkylation sites (tertiary alicyclic amines) is 1. The zero-order valence-corrected chi connectivity index (χ0v) is 21.4. The van der Waals surface area contributed by atoms with Crippen LogP contribution < -0.4 is 15.2 Å². The lowest BCUT2D eigenvalue weighted by molar-refractivity contribution is -0.192. The second-order valence-electron chi connectivity index (χ2n) is 8.36. The minimum absolute atomic E-state index is 0.0189. The van der Waals surface area contributed by atoms with Crippen LogP contribution in [-0.4, -0.2) is 71.6 Å². The molecule has 1 aliphatic heterocycles. The smallest absolute Gasteiger partial charge is 0.490 e. The molecule has 0 aliphatic carbocycles. The molecule has 1 atom stereocenters. The molecule has 14 heteroatoms. The number of rotatable bonds is 9. The molecule has 1 amide bonds. The number of hydrogen-bond acceptors (Lipinski definition) is 6. The van der Waals surface area contributed by atoms with E-state index in [1.807, 2.05) is 0 Å². The number of amides is 1. The van der Waals surface area contributed by atoms with Crippen LogP contribution >= 0.6 is 23.2 Å². The Morgan fingerprint density at radius 1 is 1.11 bits per heavy atom. The fourth-order valence-electron chi connectivity index (χ4n) is 3.49. The molecular formula is C24H26Cl2F4N2O6. The van der Waals surface area contributed by atoms with Gasteiger partial charge in [0.05, 0.1) is 16.5 Å². The van der Waals surface area contributed by atoms with E-state index in [-0.39, 0.29) is 24.9 Å². The molecule has 0 saturated carbocycles. The van der Waals surface area contributed by atoms with E-state index in [1.54, 1.807) is 18.2 Å². The highest BCUT2D eigenvalue weighted by Gasteiger charge is 2.38. The van der Waals surface area contributed by atoms with Gasteiger partial charge in [0.25, 0.3) is 0 Å². The molecule has 8 nitrogen and oxygen atoms in total. The number of hydrogen-bond donors (Lipinski definition) is 3. The van der Waals surface area contributed by atoms with Crippen LogP contribution in [0.3, 0.4) is 0 Å². The lowest BCUT2D eigenvalue weighted by Gasteiger charge is -2.33. The summed E-state index contributed by atoms with van der Waals surface area (Å²) in [6, 6.07) is 9.10. The highest BCUT2D eigenvalue weighted by atomic mass is 35.5. The van der Waals surface area contributed by atoms with E-state index < -0.39 is 30.0 Å². The van der Waals surface area contributed by atoms with Crippen molar-refractivity contribution in [3.8, 4) is 11.5 Å². The molecular weight excluding hydrogens is 559 g/mol. The molecule has 1 heterocycles. The number of alkyl halides is 3. The third kappa shape index (κ3) is 10.9. The van der Waals surface area contributed by atoms with Crippen molar-refractivity contribution >= 4 is 35.1 Å². The normalized spacial score (nSPS) is 15.2. The second kappa shape index (κ2) is 14.4. The SMILES string of the molecule is NC(=O)Cc1ccc(F)cc1OC[C@@H](O)CN1CCC(Oc2ccc(Cl)c(Cl)c2)CC1.O=C(O)C(F)(F)F. The van der Waals surface area contributed by atoms with E-state index in [0.717, 1.165) is 25.9 Å². The Morgan fingerprint density at radius 3 is 2.29 bits per heavy atom. The number of β-amino-alcohol motifs (C(OH)–C–C–N with tert-alkyl or cyclic N) is 1. The van der Waals surface area contributed by atoms with Gasteiger partial charge in [0, 0.05) is 37.3 Å². The summed E-state index contributed by atoms with van der Waals surface area (Å²) in [6.45, 7) is 1.92. The van der Waals surface area contributed by atoms with E-state index in [9.17, 15) is 27.5 Å². The van der Waals surface area contributed by atoms with Gasteiger partial charge in [0.1, 0.15) is 36.1 Å². The molecule has 2 aromatic rings. The van der Waals surface area contributed by atoms with Crippen molar-refractivity contribution < 1.29 is 46.8 Å². The summed E-state index contributed by atoms with van der Waals surface area (Å²) in [5.41, 5.74) is 5.71. The summed E-state index contributed by atoms with van der Waals surface area (Å²) in [7, 11) is 0. The Hall–Kier alpha value is -2.80. The van der Waals surface area contributed by atoms with Gasteiger partial charge in [-0.3, -0.25) is 4.79 Å². The number of carboxylic acids is 1. The summed E-state index contributed by atoms with van der Waals surface area (Å²) in [6.07, 6.45) is -4.23. The number of aliphatic carboxylic acids is 1. The van der Waals surface area contributed by atoms with Crippen molar-refractivity contribution in [2.24, 2.45) is 5.73 Å². The lowest BCUT2D eigenvalue weighted by Crippen LogP contribution is -2.43. The highest BCUT2D eigenvalue weighted by molar-refractivity contribution is 6.42. The number of piperidine rings is 1. The van der Waals surface area contributed by atoms with Crippen molar-refractivity contribution in [1.29, 1.82) is 0 Å². The monoisotopic (exact) mass is 584 g/mol. The van der Waals surface area contributed by atoms with Crippen molar-refractivity contribution in [3.05, 3.63) is 57.8 Å². The van der Waals surface area contributed by atoms with Crippen molar-refractivity contribution in [3.63, 3.8) is 0 Å². The van der Waals surface area contributed by atoms with E-state index in [2.05, 4.69) is 4.90 Å². The van der Waals surface area contributed by atoms with Gasteiger partial charge < -0.3 is 30.3 Å². The first-order chi connectivity index (χ1) is 17.7. The first-order valence-electron chi connectivity index (χ1n) is 11.3. The van der Waals surface area contributed by atoms with E-state index in [4.69, 9.17) is 48.3 Å². The summed E-state index contributed by atoms with van der Waals surface area (Å²) < 4.78 is 56.8. The number of carboxylic acid groups (broad SMARTS) is 1. The number of ether oxygens (including phenoxy) is 2. The van der Waals surface area contributed by atoms with Crippen LogP contribution in [0.5, 0.6) is 11.5 Å². The van der Waals surface area contributed by atoms with Gasteiger partial charge in [0.2, 0.25) is 5.91 Å². The lowest BCUT2D eigenvalue weighted by atomic mass is 10.1. The molecule has 1 fully saturated rings. The number of primary amides is 1. The van der Waals surface area contributed by atoms with E-state index >= 15 is 0 Å². The molecule has 3 rings (SSSR count). The standard InChI is InChI=1S/C22H25Cl2FN2O4.C2HF3O2/c23-19-4-3-18(11-20(19)24)31-17-5-7-27(8-6-17)12-16(28)13-30-21-10-15(25)2-1-14(21)9-22(26)29;3-2(4,5)1(6)7/h1-4,10-11,16-17,28H,5-9,12-13H2,(H2,26,29);(H,6,7)/t16-;/m0./s1.